The van der Waals surface area contributed by atoms with E-state index in [1.54, 1.807) is 0 Å². The molecule has 0 saturated carbocycles. The van der Waals surface area contributed by atoms with Gasteiger partial charge in [-0.15, -0.1) is 0 Å². The molecule has 72 valence electrons. The Balaban J connectivity index is 2.16. The Morgan fingerprint density at radius 1 is 1.42 bits per heavy atom. The fourth-order valence-electron chi connectivity index (χ4n) is 2.85. The van der Waals surface area contributed by atoms with Gasteiger partial charge in [-0.2, -0.15) is 0 Å². The number of hydrogen-bond acceptors (Lipinski definition) is 2. The molecule has 2 aliphatic heterocycles. The fraction of sp³-hybridized carbons (Fsp3) is 1.00. The van der Waals surface area contributed by atoms with Crippen molar-refractivity contribution in [1.82, 2.24) is 9.21 Å². The number of likely N-dealkylation sites (N-methyl/N-ethyl adjacent to an activating group) is 1. The Labute approximate surface area is 78.4 Å². The summed E-state index contributed by atoms with van der Waals surface area (Å²) in [5.41, 5.74) is 0.509. The lowest BCUT2D eigenvalue weighted by Crippen LogP contribution is -2.49. The summed E-state index contributed by atoms with van der Waals surface area (Å²) < 4.78 is 2.73. The van der Waals surface area contributed by atoms with Crippen molar-refractivity contribution >= 4 is 11.1 Å². The monoisotopic (exact) mass is 188 g/mol. The molecule has 12 heavy (non-hydrogen) atoms. The topological polar surface area (TPSA) is 6.48 Å². The summed E-state index contributed by atoms with van der Waals surface area (Å²) in [6.45, 7) is 5.02. The van der Waals surface area contributed by atoms with E-state index in [1.807, 2.05) is 0 Å². The number of nitrogens with zero attached hydrogens (tertiary/aromatic N) is 2. The molecule has 3 heteroatoms. The first-order chi connectivity index (χ1) is 5.53. The minimum Gasteiger partial charge on any atom is -0.300 e. The quantitative estimate of drug-likeness (QED) is 0.612. The zero-order valence-corrected chi connectivity index (χ0v) is 9.43. The highest BCUT2D eigenvalue weighted by Crippen LogP contribution is 2.45. The summed E-state index contributed by atoms with van der Waals surface area (Å²) in [7, 11) is 2.26. The number of hydrogen-bond donors (Lipinski definition) is 1. The van der Waals surface area contributed by atoms with Crippen LogP contribution in [-0.4, -0.2) is 53.4 Å². The Morgan fingerprint density at radius 2 is 2.08 bits per heavy atom. The van der Waals surface area contributed by atoms with Gasteiger partial charge in [0.15, 0.2) is 0 Å². The SMILES string of the molecule is CN1C[C@@]2(C)CC1CN2[SH](C)C. The van der Waals surface area contributed by atoms with Crippen molar-refractivity contribution in [3.63, 3.8) is 0 Å². The highest BCUT2D eigenvalue weighted by atomic mass is 32.2. The van der Waals surface area contributed by atoms with E-state index in [0.29, 0.717) is 5.54 Å². The van der Waals surface area contributed by atoms with Crippen molar-refractivity contribution < 1.29 is 0 Å². The van der Waals surface area contributed by atoms with Gasteiger partial charge in [0.2, 0.25) is 0 Å². The minimum absolute atomic E-state index is 0.123. The predicted octanol–water partition coefficient (Wildman–Crippen LogP) is 0.941. The average molecular weight is 188 g/mol. The molecule has 0 radical (unpaired) electrons. The van der Waals surface area contributed by atoms with Crippen LogP contribution in [0, 0.1) is 0 Å². The molecule has 0 aromatic rings. The van der Waals surface area contributed by atoms with Crippen LogP contribution in [0.4, 0.5) is 0 Å². The van der Waals surface area contributed by atoms with Gasteiger partial charge in [0, 0.05) is 24.7 Å². The summed E-state index contributed by atoms with van der Waals surface area (Å²) in [4.78, 5) is 2.52. The maximum absolute atomic E-state index is 2.73. The van der Waals surface area contributed by atoms with Crippen molar-refractivity contribution in [2.45, 2.75) is 24.9 Å². The molecule has 2 bridgehead atoms. The molecule has 0 aliphatic carbocycles. The number of fused-ring (bicyclic) bond motifs is 2. The third-order valence-electron chi connectivity index (χ3n) is 3.38. The molecule has 2 nitrogen and oxygen atoms in total. The lowest BCUT2D eigenvalue weighted by molar-refractivity contribution is 0.175. The molecule has 0 N–H and O–H groups in total. The molecule has 0 aromatic carbocycles. The van der Waals surface area contributed by atoms with Crippen molar-refractivity contribution in [3.05, 3.63) is 0 Å². The van der Waals surface area contributed by atoms with E-state index in [9.17, 15) is 0 Å². The number of likely N-dealkylation sites (tertiary alicyclic amines) is 1. The second kappa shape index (κ2) is 2.63. The van der Waals surface area contributed by atoms with Crippen LogP contribution in [0.3, 0.4) is 0 Å². The largest absolute Gasteiger partial charge is 0.300 e. The van der Waals surface area contributed by atoms with E-state index < -0.39 is 0 Å². The lowest BCUT2D eigenvalue weighted by Gasteiger charge is -2.42. The molecule has 2 fully saturated rings. The lowest BCUT2D eigenvalue weighted by atomic mass is 10.0. The molecular formula is C9H20N2S. The van der Waals surface area contributed by atoms with E-state index in [-0.39, 0.29) is 11.1 Å². The molecule has 0 amide bonds. The number of piperazine rings is 1. The van der Waals surface area contributed by atoms with E-state index in [4.69, 9.17) is 0 Å². The molecule has 2 heterocycles. The molecule has 2 aliphatic rings. The Bertz CT molecular complexity index is 191. The van der Waals surface area contributed by atoms with Gasteiger partial charge >= 0.3 is 0 Å². The Hall–Kier alpha value is 0.270. The molecule has 1 unspecified atom stereocenters. The van der Waals surface area contributed by atoms with Crippen LogP contribution < -0.4 is 0 Å². The van der Waals surface area contributed by atoms with Crippen molar-refractivity contribution in [2.24, 2.45) is 0 Å². The molecular weight excluding hydrogens is 168 g/mol. The van der Waals surface area contributed by atoms with Crippen LogP contribution in [0.15, 0.2) is 0 Å². The summed E-state index contributed by atoms with van der Waals surface area (Å²) in [6.07, 6.45) is 6.15. The predicted molar refractivity (Wildman–Crippen MR) is 57.0 cm³/mol. The molecule has 2 saturated heterocycles. The second-order valence-electron chi connectivity index (χ2n) is 4.70. The van der Waals surface area contributed by atoms with Gasteiger partial charge in [-0.1, -0.05) is 0 Å². The summed E-state index contributed by atoms with van der Waals surface area (Å²) in [5.74, 6) is 0. The smallest absolute Gasteiger partial charge is 0.0410 e. The van der Waals surface area contributed by atoms with Gasteiger partial charge in [0.25, 0.3) is 0 Å². The first-order valence-electron chi connectivity index (χ1n) is 4.68. The van der Waals surface area contributed by atoms with Gasteiger partial charge in [-0.25, -0.2) is 11.1 Å². The van der Waals surface area contributed by atoms with Crippen LogP contribution in [0.1, 0.15) is 13.3 Å². The Morgan fingerprint density at radius 3 is 2.42 bits per heavy atom. The van der Waals surface area contributed by atoms with Gasteiger partial charge < -0.3 is 4.90 Å². The maximum Gasteiger partial charge on any atom is 0.0410 e. The molecule has 0 spiro atoms. The normalized spacial score (nSPS) is 44.0. The van der Waals surface area contributed by atoms with Gasteiger partial charge in [-0.3, -0.25) is 4.31 Å². The minimum atomic E-state index is 0.123. The maximum atomic E-state index is 2.73. The molecule has 0 aromatic heterocycles. The van der Waals surface area contributed by atoms with Crippen LogP contribution in [0.2, 0.25) is 0 Å². The van der Waals surface area contributed by atoms with E-state index >= 15 is 0 Å². The van der Waals surface area contributed by atoms with Crippen LogP contribution in [0.25, 0.3) is 0 Å². The van der Waals surface area contributed by atoms with E-state index in [1.165, 1.54) is 19.5 Å². The van der Waals surface area contributed by atoms with Gasteiger partial charge in [0.1, 0.15) is 0 Å². The van der Waals surface area contributed by atoms with Crippen LogP contribution >= 0.6 is 11.1 Å². The van der Waals surface area contributed by atoms with Crippen molar-refractivity contribution in [2.75, 3.05) is 32.6 Å². The first kappa shape index (κ1) is 8.85. The fourth-order valence-corrected chi connectivity index (χ4v) is 4.48. The third kappa shape index (κ3) is 1.10. The zero-order valence-electron chi connectivity index (χ0n) is 8.54. The highest BCUT2D eigenvalue weighted by Gasteiger charge is 2.50. The van der Waals surface area contributed by atoms with Crippen molar-refractivity contribution in [1.29, 1.82) is 0 Å². The summed E-state index contributed by atoms with van der Waals surface area (Å²) in [6, 6.07) is 0.847. The standard InChI is InChI=1S/C9H20N2S/c1-9-5-8(10(2)7-9)6-11(9)12(3)4/h8,12H,5-7H2,1-4H3/t8?,9-/m1/s1. The molecule has 2 atom stereocenters. The number of thiol groups is 1. The average Bonchev–Trinajstić information content (AvgIpc) is 2.38. The second-order valence-corrected chi connectivity index (χ2v) is 6.88. The zero-order chi connectivity index (χ0) is 8.93. The van der Waals surface area contributed by atoms with E-state index in [2.05, 4.69) is 35.7 Å². The Kier molecular flexibility index (Phi) is 1.94. The van der Waals surface area contributed by atoms with Gasteiger partial charge in [0.05, 0.1) is 0 Å². The molecule has 2 rings (SSSR count). The third-order valence-corrected chi connectivity index (χ3v) is 4.99. The summed E-state index contributed by atoms with van der Waals surface area (Å²) >= 11 is 0.123. The summed E-state index contributed by atoms with van der Waals surface area (Å²) in [5, 5.41) is 0. The van der Waals surface area contributed by atoms with Crippen LogP contribution in [-0.2, 0) is 0 Å². The first-order valence-corrected chi connectivity index (χ1v) is 6.87. The highest BCUT2D eigenvalue weighted by molar-refractivity contribution is 8.13. The number of rotatable bonds is 1. The van der Waals surface area contributed by atoms with Crippen LogP contribution in [0.5, 0.6) is 0 Å². The van der Waals surface area contributed by atoms with Crippen molar-refractivity contribution in [3.8, 4) is 0 Å². The van der Waals surface area contributed by atoms with Gasteiger partial charge in [-0.05, 0) is 32.9 Å². The van der Waals surface area contributed by atoms with E-state index in [0.717, 1.165) is 6.04 Å².